The van der Waals surface area contributed by atoms with Gasteiger partial charge in [-0.1, -0.05) is 53.7 Å². The van der Waals surface area contributed by atoms with Crippen LogP contribution >= 0.6 is 11.8 Å². The number of aryl methyl sites for hydroxylation is 3. The number of nitrogens with zero attached hydrogens (tertiary/aromatic N) is 5. The average molecular weight is 520 g/mol. The number of hydrogen-bond acceptors (Lipinski definition) is 6. The maximum atomic E-state index is 14.3. The van der Waals surface area contributed by atoms with Crippen molar-refractivity contribution in [2.45, 2.75) is 50.2 Å². The van der Waals surface area contributed by atoms with E-state index in [1.807, 2.05) is 41.8 Å². The molecule has 5 rings (SSSR count). The van der Waals surface area contributed by atoms with Gasteiger partial charge in [0.2, 0.25) is 5.91 Å². The number of anilines is 1. The highest BCUT2D eigenvalue weighted by Crippen LogP contribution is 2.33. The van der Waals surface area contributed by atoms with Crippen molar-refractivity contribution in [3.05, 3.63) is 82.9 Å². The number of para-hydroxylation sites is 1. The van der Waals surface area contributed by atoms with Crippen LogP contribution in [0.2, 0.25) is 0 Å². The molecule has 2 aliphatic rings. The first-order valence-corrected chi connectivity index (χ1v) is 13.8. The molecule has 0 unspecified atom stereocenters. The van der Waals surface area contributed by atoms with E-state index in [0.717, 1.165) is 36.1 Å². The van der Waals surface area contributed by atoms with Crippen LogP contribution in [0.25, 0.3) is 0 Å². The Bertz CT molecular complexity index is 1230. The van der Waals surface area contributed by atoms with Gasteiger partial charge in [0.1, 0.15) is 5.82 Å². The molecule has 6 nitrogen and oxygen atoms in total. The Morgan fingerprint density at radius 1 is 0.973 bits per heavy atom. The lowest BCUT2D eigenvalue weighted by Gasteiger charge is -2.38. The van der Waals surface area contributed by atoms with Gasteiger partial charge in [-0.05, 0) is 51.0 Å². The number of halogens is 1. The van der Waals surface area contributed by atoms with Crippen LogP contribution in [-0.2, 0) is 11.3 Å². The summed E-state index contributed by atoms with van der Waals surface area (Å²) in [5.74, 6) is -0.0412. The SMILES string of the molecule is Cc1ccc(CN2C[C@@H](Sc3nc(C)cc(C)n3)C[C@H]2C(=O)N2CCN(c3ccccc3F)CC2)cc1. The van der Waals surface area contributed by atoms with E-state index in [-0.39, 0.29) is 23.0 Å². The zero-order valence-corrected chi connectivity index (χ0v) is 22.5. The molecule has 2 aliphatic heterocycles. The van der Waals surface area contributed by atoms with Gasteiger partial charge in [0, 0.05) is 55.9 Å². The van der Waals surface area contributed by atoms with Crippen molar-refractivity contribution in [3.63, 3.8) is 0 Å². The first-order valence-electron chi connectivity index (χ1n) is 12.9. The van der Waals surface area contributed by atoms with Crippen LogP contribution in [0, 0.1) is 26.6 Å². The number of carbonyl (C=O) groups excluding carboxylic acids is 1. The topological polar surface area (TPSA) is 52.6 Å². The van der Waals surface area contributed by atoms with Crippen LogP contribution in [0.3, 0.4) is 0 Å². The summed E-state index contributed by atoms with van der Waals surface area (Å²) in [6, 6.07) is 17.2. The van der Waals surface area contributed by atoms with Crippen molar-refractivity contribution in [2.24, 2.45) is 0 Å². The third kappa shape index (κ3) is 6.13. The Morgan fingerprint density at radius 2 is 1.65 bits per heavy atom. The highest BCUT2D eigenvalue weighted by atomic mass is 32.2. The van der Waals surface area contributed by atoms with Gasteiger partial charge in [0.15, 0.2) is 5.16 Å². The third-order valence-electron chi connectivity index (χ3n) is 7.17. The smallest absolute Gasteiger partial charge is 0.240 e. The summed E-state index contributed by atoms with van der Waals surface area (Å²) in [5.41, 5.74) is 4.98. The van der Waals surface area contributed by atoms with Gasteiger partial charge in [0.05, 0.1) is 11.7 Å². The van der Waals surface area contributed by atoms with Crippen LogP contribution in [0.4, 0.5) is 10.1 Å². The fourth-order valence-corrected chi connectivity index (χ4v) is 6.52. The molecule has 2 fully saturated rings. The molecule has 0 spiro atoms. The molecule has 0 N–H and O–H groups in total. The summed E-state index contributed by atoms with van der Waals surface area (Å²) in [6.45, 7) is 10.1. The van der Waals surface area contributed by atoms with Gasteiger partial charge >= 0.3 is 0 Å². The van der Waals surface area contributed by atoms with Gasteiger partial charge < -0.3 is 9.80 Å². The van der Waals surface area contributed by atoms with Gasteiger partial charge in [-0.3, -0.25) is 9.69 Å². The zero-order valence-electron chi connectivity index (χ0n) is 21.7. The highest BCUT2D eigenvalue weighted by Gasteiger charge is 2.40. The minimum Gasteiger partial charge on any atom is -0.366 e. The predicted octanol–water partition coefficient (Wildman–Crippen LogP) is 4.62. The quantitative estimate of drug-likeness (QED) is 0.443. The van der Waals surface area contributed by atoms with Crippen molar-refractivity contribution >= 4 is 23.4 Å². The Labute approximate surface area is 222 Å². The molecule has 0 aliphatic carbocycles. The average Bonchev–Trinajstić information content (AvgIpc) is 3.26. The number of aromatic nitrogens is 2. The highest BCUT2D eigenvalue weighted by molar-refractivity contribution is 7.99. The number of benzene rings is 2. The monoisotopic (exact) mass is 519 g/mol. The van der Waals surface area contributed by atoms with E-state index in [1.165, 1.54) is 17.2 Å². The molecule has 0 radical (unpaired) electrons. The number of amides is 1. The summed E-state index contributed by atoms with van der Waals surface area (Å²) in [5, 5.41) is 1.02. The Balaban J connectivity index is 1.29. The molecule has 37 heavy (non-hydrogen) atoms. The van der Waals surface area contributed by atoms with E-state index in [1.54, 1.807) is 17.8 Å². The molecule has 1 aromatic heterocycles. The Morgan fingerprint density at radius 3 is 2.32 bits per heavy atom. The Kier molecular flexibility index (Phi) is 7.76. The van der Waals surface area contributed by atoms with Crippen LogP contribution in [-0.4, -0.2) is 69.7 Å². The Hall–Kier alpha value is -2.97. The molecule has 1 amide bonds. The van der Waals surface area contributed by atoms with Crippen LogP contribution in [0.15, 0.2) is 59.8 Å². The number of hydrogen-bond donors (Lipinski definition) is 0. The maximum Gasteiger partial charge on any atom is 0.240 e. The molecule has 2 aromatic carbocycles. The third-order valence-corrected chi connectivity index (χ3v) is 8.24. The van der Waals surface area contributed by atoms with Crippen molar-refractivity contribution in [1.82, 2.24) is 19.8 Å². The van der Waals surface area contributed by atoms with Crippen molar-refractivity contribution < 1.29 is 9.18 Å². The zero-order chi connectivity index (χ0) is 25.9. The van der Waals surface area contributed by atoms with Crippen molar-refractivity contribution in [3.8, 4) is 0 Å². The summed E-state index contributed by atoms with van der Waals surface area (Å²) >= 11 is 1.68. The van der Waals surface area contributed by atoms with Gasteiger partial charge in [-0.2, -0.15) is 0 Å². The number of thioether (sulfide) groups is 1. The second-order valence-corrected chi connectivity index (χ2v) is 11.4. The number of piperazine rings is 1. The summed E-state index contributed by atoms with van der Waals surface area (Å²) in [6.07, 6.45) is 0.763. The minimum absolute atomic E-state index is 0.171. The van der Waals surface area contributed by atoms with Crippen molar-refractivity contribution in [1.29, 1.82) is 0 Å². The molecule has 3 aromatic rings. The maximum absolute atomic E-state index is 14.3. The molecule has 8 heteroatoms. The summed E-state index contributed by atoms with van der Waals surface area (Å²) < 4.78 is 14.3. The molecular formula is C29H34FN5OS. The van der Waals surface area contributed by atoms with Crippen molar-refractivity contribution in [2.75, 3.05) is 37.6 Å². The molecule has 0 bridgehead atoms. The number of likely N-dealkylation sites (tertiary alicyclic amines) is 1. The van der Waals surface area contributed by atoms with E-state index < -0.39 is 0 Å². The van der Waals surface area contributed by atoms with E-state index in [9.17, 15) is 9.18 Å². The summed E-state index contributed by atoms with van der Waals surface area (Å²) in [4.78, 5) is 29.4. The van der Waals surface area contributed by atoms with E-state index >= 15 is 0 Å². The second-order valence-electron chi connectivity index (χ2n) is 10.1. The van der Waals surface area contributed by atoms with Crippen LogP contribution in [0.5, 0.6) is 0 Å². The number of rotatable bonds is 6. The second kappa shape index (κ2) is 11.2. The van der Waals surface area contributed by atoms with Crippen LogP contribution < -0.4 is 4.90 Å². The number of carbonyl (C=O) groups is 1. The fourth-order valence-electron chi connectivity index (χ4n) is 5.29. The molecular weight excluding hydrogens is 485 g/mol. The normalized spacial score (nSPS) is 20.4. The lowest BCUT2D eigenvalue weighted by Crippen LogP contribution is -2.53. The van der Waals surface area contributed by atoms with E-state index in [2.05, 4.69) is 46.1 Å². The molecule has 194 valence electrons. The minimum atomic E-state index is -0.212. The molecule has 0 saturated carbocycles. The first-order chi connectivity index (χ1) is 17.9. The lowest BCUT2D eigenvalue weighted by atomic mass is 10.1. The van der Waals surface area contributed by atoms with Gasteiger partial charge in [0.25, 0.3) is 0 Å². The predicted molar refractivity (Wildman–Crippen MR) is 146 cm³/mol. The lowest BCUT2D eigenvalue weighted by molar-refractivity contribution is -0.136. The molecule has 3 heterocycles. The fraction of sp³-hybridized carbons (Fsp3) is 0.414. The van der Waals surface area contributed by atoms with Gasteiger partial charge in [-0.25, -0.2) is 14.4 Å². The molecule has 2 atom stereocenters. The van der Waals surface area contributed by atoms with Crippen LogP contribution in [0.1, 0.15) is 28.9 Å². The largest absolute Gasteiger partial charge is 0.366 e. The first kappa shape index (κ1) is 25.7. The van der Waals surface area contributed by atoms with E-state index in [0.29, 0.717) is 31.9 Å². The van der Waals surface area contributed by atoms with Gasteiger partial charge in [-0.15, -0.1) is 0 Å². The molecule has 2 saturated heterocycles. The standard InChI is InChI=1S/C29H34FN5OS/c1-20-8-10-23(11-9-20)18-35-19-24(37-29-31-21(2)16-22(3)32-29)17-27(35)28(36)34-14-12-33(13-15-34)26-7-5-4-6-25(26)30/h4-11,16,24,27H,12-15,17-19H2,1-3H3/t24-,27-/m0/s1. The summed E-state index contributed by atoms with van der Waals surface area (Å²) in [7, 11) is 0. The van der Waals surface area contributed by atoms with E-state index in [4.69, 9.17) is 0 Å².